The Kier molecular flexibility index (Phi) is 6.10. The lowest BCUT2D eigenvalue weighted by Crippen LogP contribution is -2.48. The third-order valence-electron chi connectivity index (χ3n) is 2.71. The molecule has 0 bridgehead atoms. The summed E-state index contributed by atoms with van der Waals surface area (Å²) >= 11 is 0. The molecule has 0 aromatic heterocycles. The van der Waals surface area contributed by atoms with Gasteiger partial charge in [-0.1, -0.05) is 19.3 Å². The minimum absolute atomic E-state index is 0.139. The lowest BCUT2D eigenvalue weighted by molar-refractivity contribution is 0.0885. The molecular formula is C10H22N2O2. The molecule has 0 radical (unpaired) electrons. The van der Waals surface area contributed by atoms with Gasteiger partial charge >= 0.3 is 0 Å². The zero-order chi connectivity index (χ0) is 10.2. The third-order valence-corrected chi connectivity index (χ3v) is 2.71. The summed E-state index contributed by atoms with van der Waals surface area (Å²) in [5, 5.41) is 19.6. The fraction of sp³-hybridized carbons (Fsp3) is 1.00. The van der Waals surface area contributed by atoms with Crippen LogP contribution in [0.5, 0.6) is 0 Å². The second-order valence-electron chi connectivity index (χ2n) is 3.90. The number of hydrogen-bond acceptors (Lipinski definition) is 4. The largest absolute Gasteiger partial charge is 0.395 e. The predicted octanol–water partition coefficient (Wildman–Crippen LogP) is 0.110. The highest BCUT2D eigenvalue weighted by atomic mass is 16.3. The summed E-state index contributed by atoms with van der Waals surface area (Å²) in [4.78, 5) is 0. The van der Waals surface area contributed by atoms with Gasteiger partial charge in [-0.2, -0.15) is 0 Å². The summed E-state index contributed by atoms with van der Waals surface area (Å²) in [6.07, 6.45) is 6.37. The van der Waals surface area contributed by atoms with E-state index in [1.165, 1.54) is 32.1 Å². The second kappa shape index (κ2) is 7.17. The molecule has 1 fully saturated rings. The number of aliphatic hydroxyl groups excluding tert-OH is 2. The van der Waals surface area contributed by atoms with Crippen molar-refractivity contribution in [1.29, 1.82) is 0 Å². The number of hydrazine groups is 1. The first-order chi connectivity index (χ1) is 6.86. The van der Waals surface area contributed by atoms with Gasteiger partial charge in [-0.15, -0.1) is 0 Å². The average molecular weight is 202 g/mol. The van der Waals surface area contributed by atoms with E-state index >= 15 is 0 Å². The highest BCUT2D eigenvalue weighted by Crippen LogP contribution is 2.17. The van der Waals surface area contributed by atoms with E-state index in [9.17, 15) is 0 Å². The van der Waals surface area contributed by atoms with Gasteiger partial charge in [0.25, 0.3) is 0 Å². The molecule has 0 saturated heterocycles. The van der Waals surface area contributed by atoms with Crippen molar-refractivity contribution >= 4 is 0 Å². The Morgan fingerprint density at radius 3 is 2.07 bits per heavy atom. The van der Waals surface area contributed by atoms with Gasteiger partial charge in [0.1, 0.15) is 0 Å². The first kappa shape index (κ1) is 11.9. The Morgan fingerprint density at radius 1 is 1.00 bits per heavy atom. The molecule has 84 valence electrons. The van der Waals surface area contributed by atoms with Crippen LogP contribution >= 0.6 is 0 Å². The van der Waals surface area contributed by atoms with Crippen LogP contribution in [0.2, 0.25) is 0 Å². The van der Waals surface area contributed by atoms with Gasteiger partial charge in [0, 0.05) is 19.1 Å². The van der Waals surface area contributed by atoms with Gasteiger partial charge < -0.3 is 10.2 Å². The normalized spacial score (nSPS) is 19.1. The summed E-state index contributed by atoms with van der Waals surface area (Å²) in [6, 6.07) is 0.543. The molecule has 14 heavy (non-hydrogen) atoms. The van der Waals surface area contributed by atoms with Crippen molar-refractivity contribution in [3.05, 3.63) is 0 Å². The fourth-order valence-corrected chi connectivity index (χ4v) is 1.97. The lowest BCUT2D eigenvalue weighted by atomic mass is 9.96. The monoisotopic (exact) mass is 202 g/mol. The van der Waals surface area contributed by atoms with Crippen LogP contribution in [0, 0.1) is 0 Å². The van der Waals surface area contributed by atoms with Gasteiger partial charge in [0.2, 0.25) is 0 Å². The zero-order valence-corrected chi connectivity index (χ0v) is 8.78. The zero-order valence-electron chi connectivity index (χ0n) is 8.78. The first-order valence-electron chi connectivity index (χ1n) is 5.59. The first-order valence-corrected chi connectivity index (χ1v) is 5.59. The van der Waals surface area contributed by atoms with Crippen molar-refractivity contribution in [1.82, 2.24) is 10.4 Å². The Morgan fingerprint density at radius 2 is 1.57 bits per heavy atom. The van der Waals surface area contributed by atoms with Crippen molar-refractivity contribution in [3.8, 4) is 0 Å². The molecule has 4 nitrogen and oxygen atoms in total. The van der Waals surface area contributed by atoms with Crippen molar-refractivity contribution < 1.29 is 10.2 Å². The average Bonchev–Trinajstić information content (AvgIpc) is 2.20. The standard InChI is InChI=1S/C10H22N2O2/c13-8-6-12(7-9-14)11-10-4-2-1-3-5-10/h10-11,13-14H,1-9H2. The van der Waals surface area contributed by atoms with Gasteiger partial charge in [-0.05, 0) is 12.8 Å². The lowest BCUT2D eigenvalue weighted by Gasteiger charge is -2.30. The number of rotatable bonds is 6. The summed E-state index contributed by atoms with van der Waals surface area (Å²) < 4.78 is 0. The van der Waals surface area contributed by atoms with Gasteiger partial charge in [-0.25, -0.2) is 5.01 Å². The Balaban J connectivity index is 2.21. The molecule has 0 aromatic rings. The van der Waals surface area contributed by atoms with Crippen molar-refractivity contribution in [2.24, 2.45) is 0 Å². The van der Waals surface area contributed by atoms with E-state index in [-0.39, 0.29) is 13.2 Å². The highest BCUT2D eigenvalue weighted by molar-refractivity contribution is 4.71. The second-order valence-corrected chi connectivity index (χ2v) is 3.90. The van der Waals surface area contributed by atoms with Gasteiger partial charge in [0.05, 0.1) is 13.2 Å². The van der Waals surface area contributed by atoms with Crippen LogP contribution in [-0.4, -0.2) is 47.6 Å². The van der Waals surface area contributed by atoms with Crippen LogP contribution in [0.15, 0.2) is 0 Å². The maximum atomic E-state index is 8.83. The highest BCUT2D eigenvalue weighted by Gasteiger charge is 2.15. The Hall–Kier alpha value is -0.160. The van der Waals surface area contributed by atoms with Crippen LogP contribution in [0.1, 0.15) is 32.1 Å². The Labute approximate surface area is 85.9 Å². The van der Waals surface area contributed by atoms with Crippen LogP contribution in [0.3, 0.4) is 0 Å². The molecule has 0 aliphatic heterocycles. The summed E-state index contributed by atoms with van der Waals surface area (Å²) in [6.45, 7) is 1.47. The number of aliphatic hydroxyl groups is 2. The maximum absolute atomic E-state index is 8.83. The third kappa shape index (κ3) is 4.37. The van der Waals surface area contributed by atoms with E-state index in [1.807, 2.05) is 5.01 Å². The molecule has 1 aliphatic rings. The molecule has 4 heteroatoms. The smallest absolute Gasteiger partial charge is 0.0572 e. The number of nitrogens with one attached hydrogen (secondary N) is 1. The van der Waals surface area contributed by atoms with E-state index in [1.54, 1.807) is 0 Å². The molecule has 3 N–H and O–H groups in total. The quantitative estimate of drug-likeness (QED) is 0.535. The summed E-state index contributed by atoms with van der Waals surface area (Å²) in [5.74, 6) is 0. The van der Waals surface area contributed by atoms with E-state index in [0.29, 0.717) is 19.1 Å². The van der Waals surface area contributed by atoms with Crippen LogP contribution in [0.25, 0.3) is 0 Å². The summed E-state index contributed by atoms with van der Waals surface area (Å²) in [7, 11) is 0. The van der Waals surface area contributed by atoms with E-state index in [4.69, 9.17) is 10.2 Å². The minimum atomic E-state index is 0.139. The minimum Gasteiger partial charge on any atom is -0.395 e. The van der Waals surface area contributed by atoms with E-state index in [2.05, 4.69) is 5.43 Å². The van der Waals surface area contributed by atoms with Crippen molar-refractivity contribution in [3.63, 3.8) is 0 Å². The van der Waals surface area contributed by atoms with Crippen LogP contribution in [-0.2, 0) is 0 Å². The van der Waals surface area contributed by atoms with E-state index in [0.717, 1.165) is 0 Å². The van der Waals surface area contributed by atoms with Crippen LogP contribution < -0.4 is 5.43 Å². The molecule has 0 atom stereocenters. The molecule has 1 aliphatic carbocycles. The molecule has 0 aromatic carbocycles. The molecule has 0 heterocycles. The topological polar surface area (TPSA) is 55.7 Å². The molecular weight excluding hydrogens is 180 g/mol. The molecule has 1 rings (SSSR count). The van der Waals surface area contributed by atoms with Gasteiger partial charge in [0.15, 0.2) is 0 Å². The van der Waals surface area contributed by atoms with Gasteiger partial charge in [-0.3, -0.25) is 5.43 Å². The van der Waals surface area contributed by atoms with Crippen LogP contribution in [0.4, 0.5) is 0 Å². The molecule has 0 unspecified atom stereocenters. The summed E-state index contributed by atoms with van der Waals surface area (Å²) in [5.41, 5.74) is 3.37. The number of hydrogen-bond donors (Lipinski definition) is 3. The fourth-order valence-electron chi connectivity index (χ4n) is 1.97. The molecule has 1 saturated carbocycles. The van der Waals surface area contributed by atoms with Crippen molar-refractivity contribution in [2.75, 3.05) is 26.3 Å². The predicted molar refractivity (Wildman–Crippen MR) is 55.8 cm³/mol. The Bertz CT molecular complexity index is 132. The maximum Gasteiger partial charge on any atom is 0.0572 e. The number of nitrogens with zero attached hydrogens (tertiary/aromatic N) is 1. The van der Waals surface area contributed by atoms with Crippen molar-refractivity contribution in [2.45, 2.75) is 38.1 Å². The molecule has 0 spiro atoms. The van der Waals surface area contributed by atoms with E-state index < -0.39 is 0 Å². The SMILES string of the molecule is OCCN(CCO)NC1CCCCC1. The molecule has 0 amide bonds.